The summed E-state index contributed by atoms with van der Waals surface area (Å²) in [5, 5.41) is 6.11. The normalized spacial score (nSPS) is 10.5. The highest BCUT2D eigenvalue weighted by atomic mass is 32.1. The molecule has 0 aliphatic carbocycles. The lowest BCUT2D eigenvalue weighted by Gasteiger charge is -1.99. The fourth-order valence-electron chi connectivity index (χ4n) is 0.803. The molecule has 68 valence electrons. The first-order valence-electron chi connectivity index (χ1n) is 3.96. The number of aryl methyl sites for hydroxylation is 1. The van der Waals surface area contributed by atoms with E-state index in [-0.39, 0.29) is 0 Å². The van der Waals surface area contributed by atoms with Gasteiger partial charge in [0.25, 0.3) is 0 Å². The summed E-state index contributed by atoms with van der Waals surface area (Å²) in [5.41, 5.74) is 1.08. The molecule has 0 bridgehead atoms. The molecule has 0 aliphatic rings. The summed E-state index contributed by atoms with van der Waals surface area (Å²) in [6, 6.07) is 0. The highest BCUT2D eigenvalue weighted by Gasteiger charge is 1.97. The summed E-state index contributed by atoms with van der Waals surface area (Å²) in [6.45, 7) is 4.27. The predicted octanol–water partition coefficient (Wildman–Crippen LogP) is 1.19. The van der Waals surface area contributed by atoms with Crippen LogP contribution in [0, 0.1) is 6.92 Å². The number of rotatable bonds is 5. The molecule has 0 fully saturated rings. The standard InChI is InChI=1S/C8H14N2OS/c1-7-6-12-8(10-7)5-11-4-3-9-2/h6,9H,3-5H2,1-2H3. The van der Waals surface area contributed by atoms with Crippen LogP contribution in [-0.2, 0) is 11.3 Å². The van der Waals surface area contributed by atoms with Crippen molar-refractivity contribution in [3.63, 3.8) is 0 Å². The highest BCUT2D eigenvalue weighted by Crippen LogP contribution is 2.09. The van der Waals surface area contributed by atoms with Crippen LogP contribution in [0.2, 0.25) is 0 Å². The van der Waals surface area contributed by atoms with E-state index in [0.717, 1.165) is 23.9 Å². The third-order valence-electron chi connectivity index (χ3n) is 1.39. The molecule has 1 N–H and O–H groups in total. The van der Waals surface area contributed by atoms with E-state index in [0.29, 0.717) is 6.61 Å². The number of thiazole rings is 1. The Hall–Kier alpha value is -0.450. The fraction of sp³-hybridized carbons (Fsp3) is 0.625. The van der Waals surface area contributed by atoms with Gasteiger partial charge >= 0.3 is 0 Å². The summed E-state index contributed by atoms with van der Waals surface area (Å²) in [6.07, 6.45) is 0. The van der Waals surface area contributed by atoms with Gasteiger partial charge in [0.2, 0.25) is 0 Å². The van der Waals surface area contributed by atoms with E-state index in [1.807, 2.05) is 19.4 Å². The van der Waals surface area contributed by atoms with Gasteiger partial charge in [0.05, 0.1) is 13.2 Å². The molecule has 4 heteroatoms. The molecular weight excluding hydrogens is 172 g/mol. The second kappa shape index (κ2) is 5.24. The third kappa shape index (κ3) is 3.30. The van der Waals surface area contributed by atoms with Gasteiger partial charge in [-0.25, -0.2) is 4.98 Å². The Labute approximate surface area is 76.8 Å². The minimum atomic E-state index is 0.639. The maximum Gasteiger partial charge on any atom is 0.119 e. The van der Waals surface area contributed by atoms with Crippen molar-refractivity contribution < 1.29 is 4.74 Å². The Morgan fingerprint density at radius 1 is 1.67 bits per heavy atom. The quantitative estimate of drug-likeness (QED) is 0.701. The molecule has 0 aliphatic heterocycles. The summed E-state index contributed by atoms with van der Waals surface area (Å²) < 4.78 is 5.36. The molecule has 1 rings (SSSR count). The number of ether oxygens (including phenoxy) is 1. The molecule has 0 saturated heterocycles. The molecule has 3 nitrogen and oxygen atoms in total. The average Bonchev–Trinajstić information content (AvgIpc) is 2.45. The third-order valence-corrected chi connectivity index (χ3v) is 2.33. The Morgan fingerprint density at radius 2 is 2.50 bits per heavy atom. The summed E-state index contributed by atoms with van der Waals surface area (Å²) in [4.78, 5) is 4.28. The van der Waals surface area contributed by atoms with Gasteiger partial charge < -0.3 is 10.1 Å². The molecule has 1 aromatic rings. The van der Waals surface area contributed by atoms with Crippen LogP contribution < -0.4 is 5.32 Å². The van der Waals surface area contributed by atoms with Crippen LogP contribution in [0.4, 0.5) is 0 Å². The number of nitrogens with one attached hydrogen (secondary N) is 1. The second-order valence-electron chi connectivity index (χ2n) is 2.54. The van der Waals surface area contributed by atoms with Gasteiger partial charge in [-0.2, -0.15) is 0 Å². The van der Waals surface area contributed by atoms with E-state index in [9.17, 15) is 0 Å². The van der Waals surface area contributed by atoms with Crippen molar-refractivity contribution in [2.45, 2.75) is 13.5 Å². The zero-order chi connectivity index (χ0) is 8.81. The number of hydrogen-bond acceptors (Lipinski definition) is 4. The average molecular weight is 186 g/mol. The van der Waals surface area contributed by atoms with Crippen molar-refractivity contribution in [3.05, 3.63) is 16.1 Å². The van der Waals surface area contributed by atoms with E-state index in [4.69, 9.17) is 4.74 Å². The van der Waals surface area contributed by atoms with Crippen LogP contribution in [0.1, 0.15) is 10.7 Å². The van der Waals surface area contributed by atoms with E-state index < -0.39 is 0 Å². The molecule has 0 aromatic carbocycles. The van der Waals surface area contributed by atoms with Crippen LogP contribution in [0.15, 0.2) is 5.38 Å². The lowest BCUT2D eigenvalue weighted by Crippen LogP contribution is -2.13. The Kier molecular flexibility index (Phi) is 4.21. The Morgan fingerprint density at radius 3 is 3.08 bits per heavy atom. The van der Waals surface area contributed by atoms with Crippen LogP contribution >= 0.6 is 11.3 Å². The van der Waals surface area contributed by atoms with Gasteiger partial charge in [-0.3, -0.25) is 0 Å². The molecule has 0 unspecified atom stereocenters. The van der Waals surface area contributed by atoms with Gasteiger partial charge in [0.1, 0.15) is 5.01 Å². The van der Waals surface area contributed by atoms with Crippen molar-refractivity contribution in [1.82, 2.24) is 10.3 Å². The Bertz CT molecular complexity index is 225. The molecular formula is C8H14N2OS. The topological polar surface area (TPSA) is 34.1 Å². The van der Waals surface area contributed by atoms with Crippen molar-refractivity contribution >= 4 is 11.3 Å². The molecule has 0 saturated carbocycles. The van der Waals surface area contributed by atoms with Gasteiger partial charge in [0.15, 0.2) is 0 Å². The number of likely N-dealkylation sites (N-methyl/N-ethyl adjacent to an activating group) is 1. The largest absolute Gasteiger partial charge is 0.373 e. The molecule has 0 radical (unpaired) electrons. The minimum Gasteiger partial charge on any atom is -0.373 e. The maximum absolute atomic E-state index is 5.36. The lowest BCUT2D eigenvalue weighted by molar-refractivity contribution is 0.124. The summed E-state index contributed by atoms with van der Waals surface area (Å²) in [7, 11) is 1.91. The molecule has 0 amide bonds. The fourth-order valence-corrected chi connectivity index (χ4v) is 1.51. The molecule has 0 spiro atoms. The van der Waals surface area contributed by atoms with Crippen LogP contribution in [0.25, 0.3) is 0 Å². The van der Waals surface area contributed by atoms with Gasteiger partial charge in [-0.05, 0) is 14.0 Å². The van der Waals surface area contributed by atoms with Gasteiger partial charge in [-0.1, -0.05) is 0 Å². The second-order valence-corrected chi connectivity index (χ2v) is 3.48. The predicted molar refractivity (Wildman–Crippen MR) is 50.4 cm³/mol. The first-order chi connectivity index (χ1) is 5.83. The molecule has 0 atom stereocenters. The summed E-state index contributed by atoms with van der Waals surface area (Å²) >= 11 is 1.65. The van der Waals surface area contributed by atoms with Gasteiger partial charge in [-0.15, -0.1) is 11.3 Å². The van der Waals surface area contributed by atoms with Crippen LogP contribution in [0.5, 0.6) is 0 Å². The van der Waals surface area contributed by atoms with Crippen molar-refractivity contribution in [3.8, 4) is 0 Å². The van der Waals surface area contributed by atoms with E-state index in [1.54, 1.807) is 11.3 Å². The number of aromatic nitrogens is 1. The maximum atomic E-state index is 5.36. The highest BCUT2D eigenvalue weighted by molar-refractivity contribution is 7.09. The van der Waals surface area contributed by atoms with Gasteiger partial charge in [0, 0.05) is 17.6 Å². The monoisotopic (exact) mass is 186 g/mol. The zero-order valence-electron chi connectivity index (χ0n) is 7.46. The first-order valence-corrected chi connectivity index (χ1v) is 4.84. The van der Waals surface area contributed by atoms with Crippen LogP contribution in [-0.4, -0.2) is 25.2 Å². The van der Waals surface area contributed by atoms with Crippen molar-refractivity contribution in [2.24, 2.45) is 0 Å². The molecule has 1 heterocycles. The van der Waals surface area contributed by atoms with Crippen molar-refractivity contribution in [1.29, 1.82) is 0 Å². The van der Waals surface area contributed by atoms with Crippen LogP contribution in [0.3, 0.4) is 0 Å². The molecule has 12 heavy (non-hydrogen) atoms. The van der Waals surface area contributed by atoms with E-state index in [2.05, 4.69) is 10.3 Å². The number of hydrogen-bond donors (Lipinski definition) is 1. The smallest absolute Gasteiger partial charge is 0.119 e. The van der Waals surface area contributed by atoms with E-state index >= 15 is 0 Å². The summed E-state index contributed by atoms with van der Waals surface area (Å²) in [5.74, 6) is 0. The van der Waals surface area contributed by atoms with Crippen molar-refractivity contribution in [2.75, 3.05) is 20.2 Å². The first kappa shape index (κ1) is 9.64. The minimum absolute atomic E-state index is 0.639. The zero-order valence-corrected chi connectivity index (χ0v) is 8.28. The van der Waals surface area contributed by atoms with E-state index in [1.165, 1.54) is 0 Å². The number of nitrogens with zero attached hydrogens (tertiary/aromatic N) is 1. The Balaban J connectivity index is 2.15. The SMILES string of the molecule is CNCCOCc1nc(C)cs1. The molecule has 1 aromatic heterocycles. The lowest BCUT2D eigenvalue weighted by atomic mass is 10.6.